The van der Waals surface area contributed by atoms with Gasteiger partial charge in [-0.3, -0.25) is 14.3 Å². The van der Waals surface area contributed by atoms with E-state index in [1.54, 1.807) is 33.8 Å². The van der Waals surface area contributed by atoms with E-state index in [9.17, 15) is 14.7 Å². The highest BCUT2D eigenvalue weighted by atomic mass is 79.9. The molecule has 3 aliphatic heterocycles. The first-order chi connectivity index (χ1) is 21.0. The summed E-state index contributed by atoms with van der Waals surface area (Å²) in [5, 5.41) is 20.6. The Kier molecular flexibility index (Phi) is 8.52. The van der Waals surface area contributed by atoms with Crippen molar-refractivity contribution in [3.63, 3.8) is 0 Å². The number of fused-ring (bicyclic) bond motifs is 2. The number of carbonyl (C=O) groups excluding carboxylic acids is 2. The molecule has 0 bridgehead atoms. The second-order valence-corrected chi connectivity index (χ2v) is 17.2. The number of aryl methyl sites for hydroxylation is 1. The summed E-state index contributed by atoms with van der Waals surface area (Å²) in [4.78, 5) is 30.5. The van der Waals surface area contributed by atoms with Crippen LogP contribution in [0, 0.1) is 5.92 Å². The molecule has 44 heavy (non-hydrogen) atoms. The van der Waals surface area contributed by atoms with Gasteiger partial charge in [-0.15, -0.1) is 5.10 Å². The lowest BCUT2D eigenvalue weighted by Crippen LogP contribution is -2.48. The quantitative estimate of drug-likeness (QED) is 0.260. The maximum atomic E-state index is 16.1. The Morgan fingerprint density at radius 1 is 1.20 bits per heavy atom. The van der Waals surface area contributed by atoms with Gasteiger partial charge in [0, 0.05) is 66.0 Å². The Bertz CT molecular complexity index is 1550. The molecule has 6 rings (SSSR count). The Morgan fingerprint density at radius 2 is 1.98 bits per heavy atom. The molecular formula is C31H38BrFN6O4Si. The number of rotatable bonds is 9. The summed E-state index contributed by atoms with van der Waals surface area (Å²) >= 11 is 3.59. The first-order valence-electron chi connectivity index (χ1n) is 15.1. The first kappa shape index (κ1) is 31.0. The molecule has 0 aliphatic carbocycles. The maximum Gasteiger partial charge on any atom is 0.264 e. The molecule has 10 nitrogen and oxygen atoms in total. The van der Waals surface area contributed by atoms with Crippen molar-refractivity contribution in [2.45, 2.75) is 63.2 Å². The molecule has 2 N–H and O–H groups in total. The predicted octanol–water partition coefficient (Wildman–Crippen LogP) is 3.92. The van der Waals surface area contributed by atoms with Crippen LogP contribution in [0.4, 0.5) is 15.5 Å². The van der Waals surface area contributed by atoms with E-state index in [4.69, 9.17) is 4.74 Å². The van der Waals surface area contributed by atoms with Crippen molar-refractivity contribution in [1.82, 2.24) is 20.3 Å². The lowest BCUT2D eigenvalue weighted by atomic mass is 9.82. The highest BCUT2D eigenvalue weighted by Gasteiger charge is 2.66. The number of nitrogens with zero attached hydrogens (tertiary/aromatic N) is 5. The van der Waals surface area contributed by atoms with Gasteiger partial charge in [0.25, 0.3) is 5.91 Å². The molecule has 1 spiro atoms. The molecule has 3 aliphatic rings. The zero-order valence-corrected chi connectivity index (χ0v) is 27.8. The van der Waals surface area contributed by atoms with Gasteiger partial charge >= 0.3 is 0 Å². The standard InChI is InChI=1S/C31H38BrFN6O4Si/c1-20-29(44(2,3)33)27(10-13-37-19-23(11-15-40)35-36-37)43-31(20)25-16-22(32)6-9-26(25)39(30(31)42)18-21-4-7-24(8-5-21)38-14-12-34-17-28(38)41/h4-9,16,19-20,27,29,34,40H,10-15,17-18H2,1-3H3/t20-,27+,29-,31+/m1/s1. The number of ether oxygens (including phenoxy) is 1. The van der Waals surface area contributed by atoms with Gasteiger partial charge in [0.1, 0.15) is 0 Å². The maximum absolute atomic E-state index is 16.1. The summed E-state index contributed by atoms with van der Waals surface area (Å²) in [6, 6.07) is 13.5. The van der Waals surface area contributed by atoms with Crippen molar-refractivity contribution in [2.75, 3.05) is 36.0 Å². The molecule has 234 valence electrons. The van der Waals surface area contributed by atoms with Crippen molar-refractivity contribution in [3.05, 3.63) is 70.0 Å². The molecule has 2 fully saturated rings. The molecular weight excluding hydrogens is 647 g/mol. The topological polar surface area (TPSA) is 113 Å². The fourth-order valence-corrected chi connectivity index (χ4v) is 10.1. The van der Waals surface area contributed by atoms with E-state index in [2.05, 4.69) is 31.6 Å². The summed E-state index contributed by atoms with van der Waals surface area (Å²) in [6.07, 6.45) is 2.19. The van der Waals surface area contributed by atoms with E-state index in [-0.39, 0.29) is 18.4 Å². The number of hydrogen-bond donors (Lipinski definition) is 2. The highest BCUT2D eigenvalue weighted by Crippen LogP contribution is 2.60. The molecule has 2 amide bonds. The van der Waals surface area contributed by atoms with Crippen molar-refractivity contribution < 1.29 is 23.5 Å². The Morgan fingerprint density at radius 3 is 2.68 bits per heavy atom. The molecule has 1 aromatic heterocycles. The Hall–Kier alpha value is -2.97. The SMILES string of the molecule is C[C@@H]1[C@@H]([Si](C)(C)F)[C@H](CCn2cc(CCO)nn2)O[C@@]12C(=O)N(Cc1ccc(N3CCNCC3=O)cc1)c1ccc(Br)cc12. The molecule has 0 radical (unpaired) electrons. The van der Waals surface area contributed by atoms with E-state index < -0.39 is 31.6 Å². The van der Waals surface area contributed by atoms with E-state index in [1.807, 2.05) is 49.4 Å². The summed E-state index contributed by atoms with van der Waals surface area (Å²) < 4.78 is 25.5. The Labute approximate surface area is 265 Å². The van der Waals surface area contributed by atoms with Crippen LogP contribution in [0.1, 0.15) is 30.2 Å². The smallest absolute Gasteiger partial charge is 0.264 e. The van der Waals surface area contributed by atoms with Gasteiger partial charge in [-0.2, -0.15) is 0 Å². The second-order valence-electron chi connectivity index (χ2n) is 12.4. The average molecular weight is 686 g/mol. The summed E-state index contributed by atoms with van der Waals surface area (Å²) in [5.41, 5.74) is 2.21. The van der Waals surface area contributed by atoms with E-state index >= 15 is 4.11 Å². The minimum atomic E-state index is -3.30. The van der Waals surface area contributed by atoms with Crippen LogP contribution in [-0.4, -0.2) is 72.7 Å². The average Bonchev–Trinajstić information content (AvgIpc) is 3.63. The number of halogens is 2. The van der Waals surface area contributed by atoms with Crippen molar-refractivity contribution in [2.24, 2.45) is 5.92 Å². The van der Waals surface area contributed by atoms with Crippen LogP contribution in [0.3, 0.4) is 0 Å². The second kappa shape index (κ2) is 12.1. The summed E-state index contributed by atoms with van der Waals surface area (Å²) in [7, 11) is -3.30. The molecule has 0 saturated carbocycles. The van der Waals surface area contributed by atoms with E-state index in [1.165, 1.54) is 0 Å². The van der Waals surface area contributed by atoms with Crippen LogP contribution >= 0.6 is 15.9 Å². The number of amides is 2. The van der Waals surface area contributed by atoms with Gasteiger partial charge in [0.05, 0.1) is 30.6 Å². The molecule has 13 heteroatoms. The first-order valence-corrected chi connectivity index (χ1v) is 18.9. The van der Waals surface area contributed by atoms with Gasteiger partial charge in [-0.25, -0.2) is 0 Å². The number of piperazine rings is 1. The number of benzene rings is 2. The van der Waals surface area contributed by atoms with E-state index in [0.717, 1.165) is 33.5 Å². The van der Waals surface area contributed by atoms with Gasteiger partial charge < -0.3 is 29.1 Å². The molecule has 4 atom stereocenters. The van der Waals surface area contributed by atoms with Crippen LogP contribution in [0.5, 0.6) is 0 Å². The van der Waals surface area contributed by atoms with Crippen LogP contribution in [-0.2, 0) is 39.4 Å². The molecule has 2 saturated heterocycles. The largest absolute Gasteiger partial charge is 0.396 e. The number of anilines is 2. The van der Waals surface area contributed by atoms with Crippen LogP contribution in [0.15, 0.2) is 53.1 Å². The summed E-state index contributed by atoms with van der Waals surface area (Å²) in [6.45, 7) is 7.79. The zero-order valence-electron chi connectivity index (χ0n) is 25.2. The van der Waals surface area contributed by atoms with Gasteiger partial charge in [-0.1, -0.05) is 40.2 Å². The van der Waals surface area contributed by atoms with Crippen LogP contribution in [0.25, 0.3) is 0 Å². The lowest BCUT2D eigenvalue weighted by Gasteiger charge is -2.31. The van der Waals surface area contributed by atoms with Crippen molar-refractivity contribution in [1.29, 1.82) is 0 Å². The fraction of sp³-hybridized carbons (Fsp3) is 0.484. The van der Waals surface area contributed by atoms with Crippen LogP contribution < -0.4 is 15.1 Å². The summed E-state index contributed by atoms with van der Waals surface area (Å²) in [5.74, 6) is -0.548. The minimum Gasteiger partial charge on any atom is -0.396 e. The highest BCUT2D eigenvalue weighted by molar-refractivity contribution is 9.10. The predicted molar refractivity (Wildman–Crippen MR) is 170 cm³/mol. The molecule has 0 unspecified atom stereocenters. The lowest BCUT2D eigenvalue weighted by molar-refractivity contribution is -0.146. The number of aliphatic hydroxyl groups excluding tert-OH is 1. The van der Waals surface area contributed by atoms with Gasteiger partial charge in [-0.05, 0) is 55.4 Å². The fourth-order valence-electron chi connectivity index (χ4n) is 7.23. The molecule has 4 heterocycles. The third-order valence-electron chi connectivity index (χ3n) is 9.20. The number of aromatic nitrogens is 3. The van der Waals surface area contributed by atoms with Gasteiger partial charge in [0.15, 0.2) is 5.60 Å². The zero-order chi connectivity index (χ0) is 31.2. The number of aliphatic hydroxyl groups is 1. The van der Waals surface area contributed by atoms with Crippen molar-refractivity contribution in [3.8, 4) is 0 Å². The number of nitrogens with one attached hydrogen (secondary N) is 1. The monoisotopic (exact) mass is 684 g/mol. The van der Waals surface area contributed by atoms with Gasteiger partial charge in [0.2, 0.25) is 14.3 Å². The molecule has 2 aromatic carbocycles. The Balaban J connectivity index is 1.29. The number of carbonyl (C=O) groups is 2. The third-order valence-corrected chi connectivity index (χ3v) is 12.1. The van der Waals surface area contributed by atoms with Crippen molar-refractivity contribution >= 4 is 47.5 Å². The number of hydrogen-bond acceptors (Lipinski definition) is 7. The van der Waals surface area contributed by atoms with E-state index in [0.29, 0.717) is 44.7 Å². The minimum absolute atomic E-state index is 0.0122. The normalized spacial score (nSPS) is 25.4. The third kappa shape index (κ3) is 5.53. The van der Waals surface area contributed by atoms with Crippen LogP contribution in [0.2, 0.25) is 18.6 Å². The molecule has 3 aromatic rings.